The van der Waals surface area contributed by atoms with Crippen molar-refractivity contribution in [1.82, 2.24) is 9.97 Å². The zero-order valence-corrected chi connectivity index (χ0v) is 11.9. The van der Waals surface area contributed by atoms with E-state index in [0.717, 1.165) is 18.2 Å². The van der Waals surface area contributed by atoms with Gasteiger partial charge in [0.15, 0.2) is 11.5 Å². The number of methoxy groups -OCH3 is 2. The molecular weight excluding hydrogens is 292 g/mol. The van der Waals surface area contributed by atoms with Crippen LogP contribution < -0.4 is 14.8 Å². The molecule has 0 atom stereocenters. The van der Waals surface area contributed by atoms with E-state index < -0.39 is 11.6 Å². The number of nitrogens with zero attached hydrogens (tertiary/aromatic N) is 1. The first-order valence-electron chi connectivity index (χ1n) is 6.44. The second kappa shape index (κ2) is 5.51. The predicted molar refractivity (Wildman–Crippen MR) is 78.8 cm³/mol. The summed E-state index contributed by atoms with van der Waals surface area (Å²) in [7, 11) is 3.05. The average molecular weight is 305 g/mol. The van der Waals surface area contributed by atoms with Crippen molar-refractivity contribution in [3.63, 3.8) is 0 Å². The Hall–Kier alpha value is -2.83. The quantitative estimate of drug-likeness (QED) is 0.773. The van der Waals surface area contributed by atoms with Gasteiger partial charge in [-0.2, -0.15) is 0 Å². The summed E-state index contributed by atoms with van der Waals surface area (Å²) in [4.78, 5) is 7.24. The van der Waals surface area contributed by atoms with Crippen LogP contribution in [0, 0.1) is 11.6 Å². The number of halogens is 2. The van der Waals surface area contributed by atoms with Crippen LogP contribution in [0.5, 0.6) is 11.5 Å². The van der Waals surface area contributed by atoms with Crippen LogP contribution in [-0.2, 0) is 0 Å². The minimum Gasteiger partial charge on any atom is -0.493 e. The van der Waals surface area contributed by atoms with Gasteiger partial charge in [0.1, 0.15) is 11.6 Å². The van der Waals surface area contributed by atoms with Gasteiger partial charge >= 0.3 is 0 Å². The van der Waals surface area contributed by atoms with Crippen molar-refractivity contribution in [3.8, 4) is 11.5 Å². The minimum absolute atomic E-state index is 0.00186. The van der Waals surface area contributed by atoms with E-state index >= 15 is 0 Å². The summed E-state index contributed by atoms with van der Waals surface area (Å²) in [6, 6.07) is 6.57. The van der Waals surface area contributed by atoms with Crippen molar-refractivity contribution >= 4 is 22.7 Å². The Labute approximate surface area is 124 Å². The van der Waals surface area contributed by atoms with E-state index in [1.807, 2.05) is 0 Å². The van der Waals surface area contributed by atoms with Gasteiger partial charge < -0.3 is 19.8 Å². The third-order valence-electron chi connectivity index (χ3n) is 3.17. The first-order valence-corrected chi connectivity index (χ1v) is 6.44. The Morgan fingerprint density at radius 1 is 1.05 bits per heavy atom. The monoisotopic (exact) mass is 305 g/mol. The number of hydrogen-bond acceptors (Lipinski definition) is 4. The van der Waals surface area contributed by atoms with Gasteiger partial charge in [-0.15, -0.1) is 0 Å². The lowest BCUT2D eigenvalue weighted by Gasteiger charge is -2.06. The van der Waals surface area contributed by atoms with Crippen molar-refractivity contribution in [2.75, 3.05) is 19.5 Å². The molecule has 0 amide bonds. The number of aromatic nitrogens is 2. The highest BCUT2D eigenvalue weighted by Gasteiger charge is 2.11. The normalized spacial score (nSPS) is 10.7. The van der Waals surface area contributed by atoms with E-state index in [0.29, 0.717) is 22.5 Å². The molecule has 5 nitrogen and oxygen atoms in total. The largest absolute Gasteiger partial charge is 0.493 e. The third kappa shape index (κ3) is 2.52. The number of anilines is 2. The van der Waals surface area contributed by atoms with Crippen LogP contribution in [0.3, 0.4) is 0 Å². The molecular formula is C15H13F2N3O2. The number of fused-ring (bicyclic) bond motifs is 1. The van der Waals surface area contributed by atoms with Crippen LogP contribution in [0.1, 0.15) is 0 Å². The Balaban J connectivity index is 2.00. The molecule has 0 aliphatic rings. The summed E-state index contributed by atoms with van der Waals surface area (Å²) in [5, 5.41) is 2.71. The van der Waals surface area contributed by atoms with Crippen molar-refractivity contribution < 1.29 is 18.3 Å². The molecule has 2 aromatic carbocycles. The number of imidazole rings is 1. The van der Waals surface area contributed by atoms with E-state index in [1.54, 1.807) is 12.1 Å². The Morgan fingerprint density at radius 2 is 1.77 bits per heavy atom. The first-order chi connectivity index (χ1) is 10.6. The van der Waals surface area contributed by atoms with Gasteiger partial charge in [0.25, 0.3) is 0 Å². The Bertz CT molecular complexity index is 792. The summed E-state index contributed by atoms with van der Waals surface area (Å²) < 4.78 is 37.2. The van der Waals surface area contributed by atoms with Crippen LogP contribution in [0.4, 0.5) is 20.4 Å². The van der Waals surface area contributed by atoms with Gasteiger partial charge in [-0.1, -0.05) is 0 Å². The highest BCUT2D eigenvalue weighted by molar-refractivity contribution is 5.82. The maximum atomic E-state index is 13.6. The molecule has 0 spiro atoms. The molecule has 7 heteroatoms. The number of nitrogens with one attached hydrogen (secondary N) is 2. The number of H-pyrrole nitrogens is 1. The summed E-state index contributed by atoms with van der Waals surface area (Å²) in [6.45, 7) is 0. The summed E-state index contributed by atoms with van der Waals surface area (Å²) in [5.41, 5.74) is 1.28. The lowest BCUT2D eigenvalue weighted by Crippen LogP contribution is -1.96. The second-order valence-electron chi connectivity index (χ2n) is 4.56. The molecule has 2 N–H and O–H groups in total. The topological polar surface area (TPSA) is 59.2 Å². The first kappa shape index (κ1) is 14.1. The number of benzene rings is 2. The molecule has 3 rings (SSSR count). The average Bonchev–Trinajstić information content (AvgIpc) is 2.90. The lowest BCUT2D eigenvalue weighted by atomic mass is 10.3. The van der Waals surface area contributed by atoms with Crippen LogP contribution in [0.15, 0.2) is 30.3 Å². The zero-order chi connectivity index (χ0) is 15.7. The number of hydrogen-bond donors (Lipinski definition) is 2. The van der Waals surface area contributed by atoms with Gasteiger partial charge in [0, 0.05) is 18.2 Å². The second-order valence-corrected chi connectivity index (χ2v) is 4.56. The Morgan fingerprint density at radius 3 is 2.50 bits per heavy atom. The maximum absolute atomic E-state index is 13.6. The Kier molecular flexibility index (Phi) is 3.54. The lowest BCUT2D eigenvalue weighted by molar-refractivity contribution is 0.356. The smallest absolute Gasteiger partial charge is 0.205 e. The summed E-state index contributed by atoms with van der Waals surface area (Å²) in [5.74, 6) is 0.252. The van der Waals surface area contributed by atoms with Crippen LogP contribution in [0.2, 0.25) is 0 Å². The molecule has 1 heterocycles. The van der Waals surface area contributed by atoms with Crippen LogP contribution in [-0.4, -0.2) is 24.2 Å². The van der Waals surface area contributed by atoms with E-state index in [4.69, 9.17) is 9.47 Å². The molecule has 0 unspecified atom stereocenters. The molecule has 0 fully saturated rings. The molecule has 114 valence electrons. The van der Waals surface area contributed by atoms with E-state index in [9.17, 15) is 8.78 Å². The maximum Gasteiger partial charge on any atom is 0.205 e. The van der Waals surface area contributed by atoms with E-state index in [-0.39, 0.29) is 11.6 Å². The van der Waals surface area contributed by atoms with E-state index in [1.165, 1.54) is 14.2 Å². The zero-order valence-electron chi connectivity index (χ0n) is 11.9. The molecule has 0 aliphatic heterocycles. The predicted octanol–water partition coefficient (Wildman–Crippen LogP) is 3.60. The highest BCUT2D eigenvalue weighted by Crippen LogP contribution is 2.32. The molecule has 3 aromatic rings. The van der Waals surface area contributed by atoms with Crippen molar-refractivity contribution in [2.45, 2.75) is 0 Å². The van der Waals surface area contributed by atoms with Gasteiger partial charge in [-0.05, 0) is 12.1 Å². The van der Waals surface area contributed by atoms with Crippen LogP contribution in [0.25, 0.3) is 11.0 Å². The van der Waals surface area contributed by atoms with Gasteiger partial charge in [0.05, 0.1) is 30.9 Å². The fourth-order valence-corrected chi connectivity index (χ4v) is 2.12. The number of rotatable bonds is 4. The van der Waals surface area contributed by atoms with Crippen molar-refractivity contribution in [1.29, 1.82) is 0 Å². The molecule has 0 radical (unpaired) electrons. The van der Waals surface area contributed by atoms with Gasteiger partial charge in [-0.25, -0.2) is 13.8 Å². The number of aromatic amines is 1. The summed E-state index contributed by atoms with van der Waals surface area (Å²) >= 11 is 0. The third-order valence-corrected chi connectivity index (χ3v) is 3.17. The van der Waals surface area contributed by atoms with Crippen LogP contribution >= 0.6 is 0 Å². The van der Waals surface area contributed by atoms with Crippen molar-refractivity contribution in [3.05, 3.63) is 42.0 Å². The SMILES string of the molecule is COc1cc2nc(Nc3cc(F)ccc3F)[nH]c2cc1OC. The van der Waals surface area contributed by atoms with Gasteiger partial charge in [-0.3, -0.25) is 0 Å². The molecule has 0 saturated heterocycles. The minimum atomic E-state index is -0.572. The van der Waals surface area contributed by atoms with E-state index in [2.05, 4.69) is 15.3 Å². The molecule has 0 saturated carbocycles. The standard InChI is InChI=1S/C15H13F2N3O2/c1-21-13-6-11-12(7-14(13)22-2)20-15(19-11)18-10-5-8(16)3-4-9(10)17/h3-7H,1-2H3,(H2,18,19,20). The summed E-state index contributed by atoms with van der Waals surface area (Å²) in [6.07, 6.45) is 0. The fraction of sp³-hybridized carbons (Fsp3) is 0.133. The molecule has 22 heavy (non-hydrogen) atoms. The fourth-order valence-electron chi connectivity index (χ4n) is 2.12. The molecule has 1 aromatic heterocycles. The van der Waals surface area contributed by atoms with Gasteiger partial charge in [0.2, 0.25) is 5.95 Å². The van der Waals surface area contributed by atoms with Crippen molar-refractivity contribution in [2.24, 2.45) is 0 Å². The number of ether oxygens (including phenoxy) is 2. The molecule has 0 bridgehead atoms. The highest BCUT2D eigenvalue weighted by atomic mass is 19.1. The molecule has 0 aliphatic carbocycles.